The molecule has 20 heavy (non-hydrogen) atoms. The normalized spacial score (nSPS) is 21.6. The first-order valence-corrected chi connectivity index (χ1v) is 8.08. The lowest BCUT2D eigenvalue weighted by Crippen LogP contribution is -2.39. The van der Waals surface area contributed by atoms with Crippen molar-refractivity contribution in [1.82, 2.24) is 5.32 Å². The van der Waals surface area contributed by atoms with Crippen LogP contribution in [0, 0.1) is 11.8 Å². The second-order valence-corrected chi connectivity index (χ2v) is 7.29. The maximum absolute atomic E-state index is 12.1. The lowest BCUT2D eigenvalue weighted by molar-refractivity contribution is -0.147. The molecule has 2 atom stereocenters. The van der Waals surface area contributed by atoms with Gasteiger partial charge in [0.25, 0.3) is 0 Å². The Kier molecular flexibility index (Phi) is 5.37. The van der Waals surface area contributed by atoms with E-state index in [1.807, 2.05) is 24.3 Å². The van der Waals surface area contributed by atoms with Crippen LogP contribution in [0.1, 0.15) is 17.7 Å². The molecule has 1 aromatic rings. The number of amides is 1. The topological polar surface area (TPSA) is 66.4 Å². The van der Waals surface area contributed by atoms with Crippen LogP contribution in [0.15, 0.2) is 28.1 Å². The molecule has 1 aliphatic rings. The van der Waals surface area contributed by atoms with E-state index in [0.717, 1.165) is 10.2 Å². The lowest BCUT2D eigenvalue weighted by Gasteiger charge is -2.24. The van der Waals surface area contributed by atoms with Crippen molar-refractivity contribution in [3.05, 3.63) is 32.9 Å². The summed E-state index contributed by atoms with van der Waals surface area (Å²) >= 11 is 5.04. The van der Waals surface area contributed by atoms with Crippen LogP contribution in [-0.4, -0.2) is 23.5 Å². The molecule has 0 aromatic carbocycles. The fourth-order valence-corrected chi connectivity index (χ4v) is 3.79. The van der Waals surface area contributed by atoms with E-state index in [1.54, 1.807) is 11.3 Å². The molecular weight excluding hydrogens is 342 g/mol. The second-order valence-electron chi connectivity index (χ2n) is 4.74. The van der Waals surface area contributed by atoms with Gasteiger partial charge in [0, 0.05) is 11.4 Å². The fraction of sp³-hybridized carbons (Fsp3) is 0.429. The van der Waals surface area contributed by atoms with Gasteiger partial charge in [0.05, 0.1) is 15.6 Å². The van der Waals surface area contributed by atoms with Gasteiger partial charge in [0.15, 0.2) is 0 Å². The molecule has 6 heteroatoms. The average molecular weight is 358 g/mol. The van der Waals surface area contributed by atoms with E-state index >= 15 is 0 Å². The molecule has 0 aliphatic heterocycles. The predicted molar refractivity (Wildman–Crippen MR) is 81.7 cm³/mol. The van der Waals surface area contributed by atoms with Crippen molar-refractivity contribution < 1.29 is 14.7 Å². The number of nitrogens with one attached hydrogen (secondary N) is 1. The quantitative estimate of drug-likeness (QED) is 0.796. The Morgan fingerprint density at radius 2 is 2.00 bits per heavy atom. The zero-order valence-corrected chi connectivity index (χ0v) is 13.2. The summed E-state index contributed by atoms with van der Waals surface area (Å²) in [6, 6.07) is 4.00. The first-order valence-electron chi connectivity index (χ1n) is 6.47. The van der Waals surface area contributed by atoms with Crippen molar-refractivity contribution in [1.29, 1.82) is 0 Å². The molecule has 4 nitrogen and oxygen atoms in total. The van der Waals surface area contributed by atoms with Crippen molar-refractivity contribution in [2.24, 2.45) is 11.8 Å². The molecule has 0 spiro atoms. The van der Waals surface area contributed by atoms with Gasteiger partial charge in [-0.2, -0.15) is 0 Å². The Bertz CT molecular complexity index is 526. The highest BCUT2D eigenvalue weighted by Crippen LogP contribution is 2.26. The molecule has 1 heterocycles. The van der Waals surface area contributed by atoms with Crippen LogP contribution in [0.3, 0.4) is 0 Å². The van der Waals surface area contributed by atoms with Gasteiger partial charge in [-0.3, -0.25) is 9.59 Å². The molecule has 1 aromatic heterocycles. The number of hydrogen-bond donors (Lipinski definition) is 2. The summed E-state index contributed by atoms with van der Waals surface area (Å²) in [4.78, 5) is 24.4. The van der Waals surface area contributed by atoms with E-state index < -0.39 is 17.8 Å². The SMILES string of the molecule is O=C(O)C1CC=CCC1C(=O)NCCc1ccc(Br)s1. The van der Waals surface area contributed by atoms with E-state index in [4.69, 9.17) is 5.11 Å². The van der Waals surface area contributed by atoms with Crippen molar-refractivity contribution in [3.63, 3.8) is 0 Å². The first kappa shape index (κ1) is 15.3. The molecule has 2 rings (SSSR count). The van der Waals surface area contributed by atoms with Crippen molar-refractivity contribution in [2.75, 3.05) is 6.54 Å². The fourth-order valence-electron chi connectivity index (χ4n) is 2.30. The lowest BCUT2D eigenvalue weighted by atomic mass is 9.82. The maximum Gasteiger partial charge on any atom is 0.307 e. The standard InChI is InChI=1S/C14H16BrNO3S/c15-12-6-5-9(20-12)7-8-16-13(17)10-3-1-2-4-11(10)14(18)19/h1-2,5-6,10-11H,3-4,7-8H2,(H,16,17)(H,18,19). The molecule has 1 amide bonds. The van der Waals surface area contributed by atoms with Crippen LogP contribution in [0.2, 0.25) is 0 Å². The van der Waals surface area contributed by atoms with Gasteiger partial charge >= 0.3 is 5.97 Å². The molecule has 2 N–H and O–H groups in total. The molecule has 0 radical (unpaired) electrons. The smallest absolute Gasteiger partial charge is 0.307 e. The average Bonchev–Trinajstić information content (AvgIpc) is 2.84. The number of aliphatic carboxylic acids is 1. The summed E-state index contributed by atoms with van der Waals surface area (Å²) in [6.45, 7) is 0.540. The Labute approximate surface area is 130 Å². The van der Waals surface area contributed by atoms with Crippen LogP contribution in [0.5, 0.6) is 0 Å². The number of halogens is 1. The summed E-state index contributed by atoms with van der Waals surface area (Å²) in [5, 5.41) is 12.0. The third-order valence-electron chi connectivity index (χ3n) is 3.39. The highest BCUT2D eigenvalue weighted by molar-refractivity contribution is 9.11. The van der Waals surface area contributed by atoms with Crippen molar-refractivity contribution in [2.45, 2.75) is 19.3 Å². The van der Waals surface area contributed by atoms with Gasteiger partial charge in [0.2, 0.25) is 5.91 Å². The van der Waals surface area contributed by atoms with E-state index in [2.05, 4.69) is 21.2 Å². The third-order valence-corrected chi connectivity index (χ3v) is 5.07. The minimum atomic E-state index is -0.892. The number of rotatable bonds is 5. The molecular formula is C14H16BrNO3S. The minimum Gasteiger partial charge on any atom is -0.481 e. The van der Waals surface area contributed by atoms with E-state index in [9.17, 15) is 9.59 Å². The number of carboxylic acid groups (broad SMARTS) is 1. The van der Waals surface area contributed by atoms with Gasteiger partial charge in [0.1, 0.15) is 0 Å². The third kappa shape index (κ3) is 3.93. The largest absolute Gasteiger partial charge is 0.481 e. The highest BCUT2D eigenvalue weighted by Gasteiger charge is 2.33. The number of carbonyl (C=O) groups excluding carboxylic acids is 1. The van der Waals surface area contributed by atoms with Gasteiger partial charge in [-0.1, -0.05) is 12.2 Å². The number of hydrogen-bond acceptors (Lipinski definition) is 3. The van der Waals surface area contributed by atoms with Gasteiger partial charge in [-0.15, -0.1) is 11.3 Å². The number of carboxylic acids is 1. The van der Waals surface area contributed by atoms with Crippen LogP contribution >= 0.6 is 27.3 Å². The molecule has 0 saturated carbocycles. The van der Waals surface area contributed by atoms with E-state index in [-0.39, 0.29) is 5.91 Å². The number of carbonyl (C=O) groups is 2. The molecule has 0 fully saturated rings. The number of allylic oxidation sites excluding steroid dienone is 2. The highest BCUT2D eigenvalue weighted by atomic mass is 79.9. The Morgan fingerprint density at radius 3 is 2.60 bits per heavy atom. The van der Waals surface area contributed by atoms with Crippen LogP contribution < -0.4 is 5.32 Å². The summed E-state index contributed by atoms with van der Waals surface area (Å²) in [7, 11) is 0. The Morgan fingerprint density at radius 1 is 1.30 bits per heavy atom. The number of thiophene rings is 1. The van der Waals surface area contributed by atoms with Crippen LogP contribution in [0.4, 0.5) is 0 Å². The molecule has 1 aliphatic carbocycles. The summed E-state index contributed by atoms with van der Waals surface area (Å²) in [5.41, 5.74) is 0. The molecule has 108 valence electrons. The van der Waals surface area contributed by atoms with Crippen molar-refractivity contribution >= 4 is 39.1 Å². The summed E-state index contributed by atoms with van der Waals surface area (Å²) < 4.78 is 1.07. The van der Waals surface area contributed by atoms with E-state index in [0.29, 0.717) is 19.4 Å². The predicted octanol–water partition coefficient (Wildman–Crippen LogP) is 2.84. The molecule has 0 saturated heterocycles. The van der Waals surface area contributed by atoms with E-state index in [1.165, 1.54) is 4.88 Å². The first-order chi connectivity index (χ1) is 9.58. The zero-order chi connectivity index (χ0) is 14.5. The Hall–Kier alpha value is -1.14. The Balaban J connectivity index is 1.84. The summed E-state index contributed by atoms with van der Waals surface area (Å²) in [5.74, 6) is -2.10. The molecule has 2 unspecified atom stereocenters. The van der Waals surface area contributed by atoms with Gasteiger partial charge < -0.3 is 10.4 Å². The van der Waals surface area contributed by atoms with Gasteiger partial charge in [-0.25, -0.2) is 0 Å². The summed E-state index contributed by atoms with van der Waals surface area (Å²) in [6.07, 6.45) is 5.44. The monoisotopic (exact) mass is 357 g/mol. The zero-order valence-electron chi connectivity index (χ0n) is 10.8. The van der Waals surface area contributed by atoms with Crippen LogP contribution in [-0.2, 0) is 16.0 Å². The van der Waals surface area contributed by atoms with Crippen LogP contribution in [0.25, 0.3) is 0 Å². The van der Waals surface area contributed by atoms with Gasteiger partial charge in [-0.05, 0) is 47.3 Å². The second kappa shape index (κ2) is 7.04. The maximum atomic E-state index is 12.1. The van der Waals surface area contributed by atoms with Crippen molar-refractivity contribution in [3.8, 4) is 0 Å². The molecule has 0 bridgehead atoms. The minimum absolute atomic E-state index is 0.155.